The summed E-state index contributed by atoms with van der Waals surface area (Å²) in [5.41, 5.74) is -2.06. The van der Waals surface area contributed by atoms with E-state index in [2.05, 4.69) is 8.37 Å². The van der Waals surface area contributed by atoms with Crippen LogP contribution in [-0.4, -0.2) is 41.3 Å². The fraction of sp³-hybridized carbons (Fsp3) is 0. The molecule has 0 bridgehead atoms. The van der Waals surface area contributed by atoms with Crippen LogP contribution in [0.3, 0.4) is 0 Å². The second kappa shape index (κ2) is 7.06. The highest BCUT2D eigenvalue weighted by atomic mass is 32.3. The summed E-state index contributed by atoms with van der Waals surface area (Å²) in [6.45, 7) is 0. The minimum atomic E-state index is -5.27. The minimum Gasteiger partial charge on any atom is -0.508 e. The third kappa shape index (κ3) is 4.38. The number of benzene rings is 2. The number of hydrogen-bond donors (Lipinski definition) is 5. The highest BCUT2D eigenvalue weighted by Gasteiger charge is 2.25. The standard InChI is InChI=1S/C15H10O13S2/c16-7-4-9(18)12-11(5-7)26-14(15(13(12)19)28-30(23,24)25)6-1-2-8(17)10(3-6)27-29(20,21)22/h1-5,16-18H,(H,20,21,22)(H,23,24,25). The maximum atomic E-state index is 12.7. The summed E-state index contributed by atoms with van der Waals surface area (Å²) in [5, 5.41) is 28.5. The lowest BCUT2D eigenvalue weighted by Gasteiger charge is -2.12. The van der Waals surface area contributed by atoms with Gasteiger partial charge in [0.2, 0.25) is 11.2 Å². The lowest BCUT2D eigenvalue weighted by Crippen LogP contribution is -2.15. The van der Waals surface area contributed by atoms with E-state index in [0.717, 1.165) is 30.3 Å². The Labute approximate surface area is 166 Å². The third-order valence-electron chi connectivity index (χ3n) is 3.52. The van der Waals surface area contributed by atoms with Crippen molar-refractivity contribution in [1.29, 1.82) is 0 Å². The van der Waals surface area contributed by atoms with Gasteiger partial charge in [0.1, 0.15) is 22.5 Å². The Morgan fingerprint density at radius 3 is 2.07 bits per heavy atom. The molecular weight excluding hydrogens is 452 g/mol. The van der Waals surface area contributed by atoms with E-state index in [1.54, 1.807) is 0 Å². The monoisotopic (exact) mass is 462 g/mol. The van der Waals surface area contributed by atoms with Crippen LogP contribution in [0.5, 0.6) is 28.7 Å². The van der Waals surface area contributed by atoms with Gasteiger partial charge in [-0.1, -0.05) is 0 Å². The van der Waals surface area contributed by atoms with E-state index in [0.29, 0.717) is 0 Å². The van der Waals surface area contributed by atoms with Crippen LogP contribution in [-0.2, 0) is 20.8 Å². The molecule has 0 saturated carbocycles. The van der Waals surface area contributed by atoms with Crippen LogP contribution in [0.4, 0.5) is 0 Å². The SMILES string of the molecule is O=c1c(OS(=O)(=O)O)c(-c2ccc(O)c(OS(=O)(=O)O)c2)oc2cc(O)cc(O)c12. The molecule has 160 valence electrons. The molecule has 0 amide bonds. The number of fused-ring (bicyclic) bond motifs is 1. The summed E-state index contributed by atoms with van der Waals surface area (Å²) < 4.78 is 75.7. The van der Waals surface area contributed by atoms with Crippen LogP contribution in [0, 0.1) is 0 Å². The summed E-state index contributed by atoms with van der Waals surface area (Å²) in [6.07, 6.45) is 0. The molecule has 2 aromatic carbocycles. The summed E-state index contributed by atoms with van der Waals surface area (Å²) in [6, 6.07) is 4.24. The highest BCUT2D eigenvalue weighted by Crippen LogP contribution is 2.39. The second-order valence-corrected chi connectivity index (χ2v) is 7.68. The topological polar surface area (TPSA) is 218 Å². The van der Waals surface area contributed by atoms with Gasteiger partial charge in [-0.25, -0.2) is 0 Å². The third-order valence-corrected chi connectivity index (χ3v) is 4.29. The molecule has 3 aromatic rings. The van der Waals surface area contributed by atoms with Crippen molar-refractivity contribution in [3.63, 3.8) is 0 Å². The van der Waals surface area contributed by atoms with Crippen molar-refractivity contribution in [2.75, 3.05) is 0 Å². The van der Waals surface area contributed by atoms with Crippen molar-refractivity contribution in [2.45, 2.75) is 0 Å². The Balaban J connectivity index is 2.38. The predicted octanol–water partition coefficient (Wildman–Crippen LogP) is 0.940. The van der Waals surface area contributed by atoms with Gasteiger partial charge in [0.05, 0.1) is 0 Å². The summed E-state index contributed by atoms with van der Waals surface area (Å²) in [4.78, 5) is 12.7. The lowest BCUT2D eigenvalue weighted by molar-refractivity contribution is 0.371. The number of aromatic hydroxyl groups is 3. The number of phenols is 3. The van der Waals surface area contributed by atoms with Crippen LogP contribution < -0.4 is 13.8 Å². The van der Waals surface area contributed by atoms with Crippen LogP contribution in [0.2, 0.25) is 0 Å². The summed E-state index contributed by atoms with van der Waals surface area (Å²) in [7, 11) is -10.4. The van der Waals surface area contributed by atoms with Gasteiger partial charge in [-0.05, 0) is 18.2 Å². The van der Waals surface area contributed by atoms with Gasteiger partial charge in [0.25, 0.3) is 0 Å². The van der Waals surface area contributed by atoms with Gasteiger partial charge < -0.3 is 28.1 Å². The van der Waals surface area contributed by atoms with Crippen LogP contribution in [0.1, 0.15) is 0 Å². The van der Waals surface area contributed by atoms with E-state index in [-0.39, 0.29) is 5.56 Å². The lowest BCUT2D eigenvalue weighted by atomic mass is 10.1. The van der Waals surface area contributed by atoms with Crippen molar-refractivity contribution in [2.24, 2.45) is 0 Å². The van der Waals surface area contributed by atoms with Crippen LogP contribution in [0.25, 0.3) is 22.3 Å². The zero-order valence-corrected chi connectivity index (χ0v) is 15.8. The molecule has 15 heteroatoms. The molecule has 30 heavy (non-hydrogen) atoms. The van der Waals surface area contributed by atoms with Gasteiger partial charge in [-0.15, -0.1) is 0 Å². The van der Waals surface area contributed by atoms with Crippen molar-refractivity contribution in [3.05, 3.63) is 40.6 Å². The average Bonchev–Trinajstić information content (AvgIpc) is 2.56. The van der Waals surface area contributed by atoms with Gasteiger partial charge in [0, 0.05) is 17.7 Å². The first kappa shape index (κ1) is 21.2. The van der Waals surface area contributed by atoms with E-state index < -0.39 is 71.7 Å². The average molecular weight is 462 g/mol. The Hall–Kier alpha value is -3.53. The maximum Gasteiger partial charge on any atom is 0.446 e. The predicted molar refractivity (Wildman–Crippen MR) is 97.3 cm³/mol. The summed E-state index contributed by atoms with van der Waals surface area (Å²) in [5.74, 6) is -4.81. The van der Waals surface area contributed by atoms with Crippen molar-refractivity contribution < 1.29 is 54.0 Å². The van der Waals surface area contributed by atoms with Crippen LogP contribution in [0.15, 0.2) is 39.5 Å². The second-order valence-electron chi connectivity index (χ2n) is 5.63. The first-order valence-corrected chi connectivity index (χ1v) is 10.2. The van der Waals surface area contributed by atoms with Crippen molar-refractivity contribution in [1.82, 2.24) is 0 Å². The fourth-order valence-corrected chi connectivity index (χ4v) is 3.20. The number of rotatable bonds is 5. The minimum absolute atomic E-state index is 0.327. The molecule has 3 rings (SSSR count). The fourth-order valence-electron chi connectivity index (χ4n) is 2.47. The van der Waals surface area contributed by atoms with Gasteiger partial charge in [-0.3, -0.25) is 13.9 Å². The molecule has 0 atom stereocenters. The molecule has 0 aliphatic carbocycles. The molecule has 13 nitrogen and oxygen atoms in total. The molecule has 0 spiro atoms. The largest absolute Gasteiger partial charge is 0.508 e. The van der Waals surface area contributed by atoms with E-state index in [1.165, 1.54) is 0 Å². The van der Waals surface area contributed by atoms with Crippen molar-refractivity contribution >= 4 is 31.8 Å². The molecule has 1 heterocycles. The number of hydrogen-bond acceptors (Lipinski definition) is 11. The highest BCUT2D eigenvalue weighted by molar-refractivity contribution is 7.81. The van der Waals surface area contributed by atoms with Gasteiger partial charge in [0.15, 0.2) is 17.3 Å². The number of phenolic OH excluding ortho intramolecular Hbond substituents is 3. The molecular formula is C15H10O13S2. The zero-order chi connectivity index (χ0) is 22.4. The van der Waals surface area contributed by atoms with Crippen LogP contribution >= 0.6 is 0 Å². The Morgan fingerprint density at radius 1 is 0.833 bits per heavy atom. The first-order chi connectivity index (χ1) is 13.7. The molecule has 0 unspecified atom stereocenters. The first-order valence-electron chi connectivity index (χ1n) is 7.45. The van der Waals surface area contributed by atoms with E-state index in [4.69, 9.17) is 13.5 Å². The smallest absolute Gasteiger partial charge is 0.446 e. The Kier molecular flexibility index (Phi) is 4.99. The van der Waals surface area contributed by atoms with Crippen molar-refractivity contribution in [3.8, 4) is 40.1 Å². The van der Waals surface area contributed by atoms with E-state index >= 15 is 0 Å². The molecule has 0 aliphatic rings. The maximum absolute atomic E-state index is 12.7. The van der Waals surface area contributed by atoms with Gasteiger partial charge >= 0.3 is 20.8 Å². The van der Waals surface area contributed by atoms with E-state index in [9.17, 15) is 36.9 Å². The quantitative estimate of drug-likeness (QED) is 0.334. The Morgan fingerprint density at radius 2 is 1.47 bits per heavy atom. The normalized spacial score (nSPS) is 12.1. The van der Waals surface area contributed by atoms with E-state index in [1.807, 2.05) is 0 Å². The van der Waals surface area contributed by atoms with Gasteiger partial charge in [-0.2, -0.15) is 16.8 Å². The molecule has 0 fully saturated rings. The Bertz CT molecular complexity index is 1440. The zero-order valence-electron chi connectivity index (χ0n) is 14.2. The molecule has 0 radical (unpaired) electrons. The summed E-state index contributed by atoms with van der Waals surface area (Å²) >= 11 is 0. The molecule has 0 aliphatic heterocycles. The molecule has 0 saturated heterocycles. The molecule has 5 N–H and O–H groups in total. The molecule has 1 aromatic heterocycles.